The largest absolute Gasteiger partial charge is 0.493 e. The molecule has 11 heteroatoms. The third kappa shape index (κ3) is 8.13. The van der Waals surface area contributed by atoms with Gasteiger partial charge >= 0.3 is 6.18 Å². The topological polar surface area (TPSA) is 72.0 Å². The van der Waals surface area contributed by atoms with Gasteiger partial charge in [-0.25, -0.2) is 5.43 Å². The van der Waals surface area contributed by atoms with Gasteiger partial charge in [0.25, 0.3) is 5.91 Å². The minimum atomic E-state index is -4.46. The molecule has 35 heavy (non-hydrogen) atoms. The van der Waals surface area contributed by atoms with Crippen LogP contribution in [0.5, 0.6) is 11.5 Å². The van der Waals surface area contributed by atoms with Crippen molar-refractivity contribution in [2.45, 2.75) is 12.8 Å². The van der Waals surface area contributed by atoms with Crippen molar-refractivity contribution in [1.29, 1.82) is 0 Å². The summed E-state index contributed by atoms with van der Waals surface area (Å²) in [7, 11) is 1.53. The van der Waals surface area contributed by atoms with Crippen molar-refractivity contribution in [2.75, 3.05) is 19.0 Å². The van der Waals surface area contributed by atoms with Crippen molar-refractivity contribution in [1.82, 2.24) is 5.43 Å². The van der Waals surface area contributed by atoms with Gasteiger partial charge < -0.3 is 14.8 Å². The number of carbonyl (C=O) groups excluding carboxylic acids is 1. The summed E-state index contributed by atoms with van der Waals surface area (Å²) in [6.07, 6.45) is -3.02. The summed E-state index contributed by atoms with van der Waals surface area (Å²) in [5.41, 5.74) is 3.38. The second-order valence-corrected chi connectivity index (χ2v) is 9.25. The first kappa shape index (κ1) is 26.8. The first-order chi connectivity index (χ1) is 16.7. The Kier molecular flexibility index (Phi) is 9.38. The van der Waals surface area contributed by atoms with Crippen molar-refractivity contribution in [3.05, 3.63) is 85.4 Å². The number of amides is 1. The van der Waals surface area contributed by atoms with Gasteiger partial charge in [0, 0.05) is 10.2 Å². The van der Waals surface area contributed by atoms with Crippen LogP contribution in [0.2, 0.25) is 0 Å². The van der Waals surface area contributed by atoms with Crippen molar-refractivity contribution < 1.29 is 27.4 Å². The van der Waals surface area contributed by atoms with E-state index in [4.69, 9.17) is 9.47 Å². The minimum Gasteiger partial charge on any atom is -0.493 e. The number of anilines is 1. The maximum atomic E-state index is 12.8. The molecule has 0 aliphatic rings. The molecule has 6 nitrogen and oxygen atoms in total. The minimum absolute atomic E-state index is 0.178. The molecule has 0 saturated carbocycles. The van der Waals surface area contributed by atoms with E-state index in [0.29, 0.717) is 23.7 Å². The highest BCUT2D eigenvalue weighted by atomic mass is 127. The van der Waals surface area contributed by atoms with Gasteiger partial charge in [-0.1, -0.05) is 34.1 Å². The predicted octanol–water partition coefficient (Wildman–Crippen LogP) is 6.22. The summed E-state index contributed by atoms with van der Waals surface area (Å²) < 4.78 is 51.5. The second kappa shape index (κ2) is 12.2. The van der Waals surface area contributed by atoms with Crippen LogP contribution in [-0.2, 0) is 17.6 Å². The summed E-state index contributed by atoms with van der Waals surface area (Å²) in [6.45, 7) is 0.115. The van der Waals surface area contributed by atoms with Crippen LogP contribution in [-0.4, -0.2) is 25.8 Å². The summed E-state index contributed by atoms with van der Waals surface area (Å²) >= 11 is 5.52. The van der Waals surface area contributed by atoms with E-state index in [9.17, 15) is 18.0 Å². The number of rotatable bonds is 9. The second-order valence-electron chi connectivity index (χ2n) is 7.17. The Morgan fingerprint density at radius 2 is 1.89 bits per heavy atom. The van der Waals surface area contributed by atoms with Crippen LogP contribution in [0.15, 0.2) is 70.2 Å². The third-order valence-electron chi connectivity index (χ3n) is 4.59. The average molecular weight is 662 g/mol. The molecule has 0 aliphatic heterocycles. The number of hydrogen-bond donors (Lipinski definition) is 2. The molecule has 0 atom stereocenters. The van der Waals surface area contributed by atoms with Gasteiger partial charge in [0.2, 0.25) is 0 Å². The van der Waals surface area contributed by atoms with E-state index in [0.717, 1.165) is 25.7 Å². The zero-order valence-electron chi connectivity index (χ0n) is 18.3. The molecule has 3 rings (SSSR count). The Morgan fingerprint density at radius 3 is 2.57 bits per heavy atom. The van der Waals surface area contributed by atoms with Crippen LogP contribution < -0.4 is 20.2 Å². The highest BCUT2D eigenvalue weighted by Crippen LogP contribution is 2.34. The Bertz CT molecular complexity index is 1200. The quantitative estimate of drug-likeness (QED) is 0.162. The fourth-order valence-corrected chi connectivity index (χ4v) is 3.94. The number of ether oxygens (including phenoxy) is 2. The highest BCUT2D eigenvalue weighted by Gasteiger charge is 2.30. The summed E-state index contributed by atoms with van der Waals surface area (Å²) in [5.74, 6) is 0.574. The summed E-state index contributed by atoms with van der Waals surface area (Å²) in [6, 6.07) is 15.9. The lowest BCUT2D eigenvalue weighted by Gasteiger charge is -2.13. The summed E-state index contributed by atoms with van der Waals surface area (Å²) in [4.78, 5) is 12.0. The van der Waals surface area contributed by atoms with Gasteiger partial charge in [0.15, 0.2) is 11.5 Å². The molecule has 3 aromatic carbocycles. The number of hydrazone groups is 1. The van der Waals surface area contributed by atoms with E-state index in [1.807, 2.05) is 30.3 Å². The Labute approximate surface area is 222 Å². The molecule has 0 aromatic heterocycles. The molecule has 184 valence electrons. The Morgan fingerprint density at radius 1 is 1.14 bits per heavy atom. The zero-order chi connectivity index (χ0) is 25.4. The number of nitrogens with zero attached hydrogens (tertiary/aromatic N) is 1. The van der Waals surface area contributed by atoms with E-state index >= 15 is 0 Å². The smallest absolute Gasteiger partial charge is 0.416 e. The molecular weight excluding hydrogens is 642 g/mol. The lowest BCUT2D eigenvalue weighted by Crippen LogP contribution is -2.26. The first-order valence-electron chi connectivity index (χ1n) is 10.1. The zero-order valence-corrected chi connectivity index (χ0v) is 22.1. The molecule has 0 spiro atoms. The normalized spacial score (nSPS) is 11.4. The number of methoxy groups -OCH3 is 1. The van der Waals surface area contributed by atoms with Crippen LogP contribution in [0.25, 0.3) is 0 Å². The van der Waals surface area contributed by atoms with Crippen LogP contribution in [0, 0.1) is 3.57 Å². The summed E-state index contributed by atoms with van der Waals surface area (Å²) in [5, 5.41) is 6.55. The molecule has 0 bridgehead atoms. The molecule has 0 heterocycles. The number of halogens is 5. The highest BCUT2D eigenvalue weighted by molar-refractivity contribution is 14.1. The monoisotopic (exact) mass is 661 g/mol. The van der Waals surface area contributed by atoms with E-state index < -0.39 is 17.6 Å². The maximum absolute atomic E-state index is 12.8. The molecule has 0 aliphatic carbocycles. The lowest BCUT2D eigenvalue weighted by molar-refractivity contribution is -0.137. The molecule has 1 amide bonds. The first-order valence-corrected chi connectivity index (χ1v) is 12.0. The molecular formula is C24H20BrF3IN3O3. The van der Waals surface area contributed by atoms with Crippen LogP contribution in [0.3, 0.4) is 0 Å². The molecule has 0 radical (unpaired) electrons. The van der Waals surface area contributed by atoms with E-state index in [1.54, 1.807) is 6.07 Å². The Balaban J connectivity index is 1.57. The van der Waals surface area contributed by atoms with Gasteiger partial charge in [-0.15, -0.1) is 0 Å². The third-order valence-corrected chi connectivity index (χ3v) is 5.92. The van der Waals surface area contributed by atoms with E-state index in [2.05, 4.69) is 54.4 Å². The number of benzene rings is 3. The number of nitrogens with one attached hydrogen (secondary N) is 2. The van der Waals surface area contributed by atoms with Gasteiger partial charge in [-0.3, -0.25) is 4.79 Å². The van der Waals surface area contributed by atoms with E-state index in [1.165, 1.54) is 25.5 Å². The fourth-order valence-electron chi connectivity index (χ4n) is 2.90. The van der Waals surface area contributed by atoms with Crippen molar-refractivity contribution >= 4 is 56.3 Å². The van der Waals surface area contributed by atoms with Crippen molar-refractivity contribution in [2.24, 2.45) is 5.10 Å². The molecule has 0 unspecified atom stereocenters. The molecule has 0 saturated heterocycles. The van der Waals surface area contributed by atoms with Crippen LogP contribution in [0.1, 0.15) is 16.7 Å². The lowest BCUT2D eigenvalue weighted by atomic mass is 10.2. The number of hydrogen-bond acceptors (Lipinski definition) is 5. The van der Waals surface area contributed by atoms with Crippen molar-refractivity contribution in [3.63, 3.8) is 0 Å². The van der Waals surface area contributed by atoms with E-state index in [-0.39, 0.29) is 12.2 Å². The van der Waals surface area contributed by atoms with Crippen molar-refractivity contribution in [3.8, 4) is 11.5 Å². The standard InChI is InChI=1S/C24H20BrF3IN3O3/c1-34-21-10-16(9-20(29)23(21)35-14-15-5-7-18(25)8-6-15)12-31-32-22(33)13-30-19-4-2-3-17(11-19)24(26,27)28/h2-12,30H,13-14H2,1H3,(H,32,33)/b31-12-. The predicted molar refractivity (Wildman–Crippen MR) is 140 cm³/mol. The number of alkyl halides is 3. The maximum Gasteiger partial charge on any atom is 0.416 e. The SMILES string of the molecule is COc1cc(/C=N\NC(=O)CNc2cccc(C(F)(F)F)c2)cc(I)c1OCc1ccc(Br)cc1. The van der Waals surface area contributed by atoms with Crippen LogP contribution in [0.4, 0.5) is 18.9 Å². The Hall–Kier alpha value is -2.80. The number of carbonyl (C=O) groups is 1. The average Bonchev–Trinajstić information content (AvgIpc) is 2.82. The molecule has 2 N–H and O–H groups in total. The van der Waals surface area contributed by atoms with Gasteiger partial charge in [-0.05, 0) is 76.2 Å². The molecule has 0 fully saturated rings. The van der Waals surface area contributed by atoms with Crippen LogP contribution >= 0.6 is 38.5 Å². The van der Waals surface area contributed by atoms with Gasteiger partial charge in [0.1, 0.15) is 6.61 Å². The van der Waals surface area contributed by atoms with Gasteiger partial charge in [0.05, 0.1) is 29.0 Å². The fraction of sp³-hybridized carbons (Fsp3) is 0.167. The molecule has 3 aromatic rings. The van der Waals surface area contributed by atoms with Gasteiger partial charge in [-0.2, -0.15) is 18.3 Å².